The Hall–Kier alpha value is -2.20. The van der Waals surface area contributed by atoms with Gasteiger partial charge in [-0.1, -0.05) is 30.7 Å². The van der Waals surface area contributed by atoms with Gasteiger partial charge >= 0.3 is 0 Å². The molecule has 0 unspecified atom stereocenters. The van der Waals surface area contributed by atoms with E-state index in [2.05, 4.69) is 15.5 Å². The minimum atomic E-state index is -0.264. The van der Waals surface area contributed by atoms with E-state index < -0.39 is 0 Å². The molecule has 20 heavy (non-hydrogen) atoms. The lowest BCUT2D eigenvalue weighted by Crippen LogP contribution is -2.20. The van der Waals surface area contributed by atoms with Crippen molar-refractivity contribution in [2.45, 2.75) is 13.3 Å². The Morgan fingerprint density at radius 1 is 1.25 bits per heavy atom. The highest BCUT2D eigenvalue weighted by Gasteiger charge is 2.06. The minimum Gasteiger partial charge on any atom is -0.267 e. The van der Waals surface area contributed by atoms with Crippen LogP contribution in [-0.4, -0.2) is 16.6 Å². The first-order valence-electron chi connectivity index (χ1n) is 6.23. The molecule has 1 heterocycles. The molecule has 0 aliphatic heterocycles. The highest BCUT2D eigenvalue weighted by atomic mass is 35.5. The van der Waals surface area contributed by atoms with Gasteiger partial charge in [0.2, 0.25) is 0 Å². The molecule has 1 amide bonds. The fourth-order valence-electron chi connectivity index (χ4n) is 1.70. The predicted molar refractivity (Wildman–Crippen MR) is 80.0 cm³/mol. The Morgan fingerprint density at radius 2 is 2.00 bits per heavy atom. The number of rotatable bonds is 4. The molecule has 0 saturated carbocycles. The number of aromatic nitrogens is 1. The maximum absolute atomic E-state index is 11.9. The van der Waals surface area contributed by atoms with Gasteiger partial charge in [-0.3, -0.25) is 9.78 Å². The Bertz CT molecular complexity index is 626. The van der Waals surface area contributed by atoms with E-state index in [0.29, 0.717) is 17.0 Å². The molecule has 0 bridgehead atoms. The van der Waals surface area contributed by atoms with Crippen LogP contribution in [0.2, 0.25) is 5.02 Å². The summed E-state index contributed by atoms with van der Waals surface area (Å²) in [5, 5.41) is 4.81. The number of benzene rings is 1. The first-order chi connectivity index (χ1) is 9.70. The maximum Gasteiger partial charge on any atom is 0.271 e. The molecule has 0 spiro atoms. The highest BCUT2D eigenvalue weighted by molar-refractivity contribution is 6.31. The summed E-state index contributed by atoms with van der Waals surface area (Å²) in [5.74, 6) is -0.264. The van der Waals surface area contributed by atoms with Gasteiger partial charge in [-0.2, -0.15) is 5.10 Å². The first-order valence-corrected chi connectivity index (χ1v) is 6.61. The maximum atomic E-state index is 11.9. The van der Waals surface area contributed by atoms with Gasteiger partial charge in [0.25, 0.3) is 5.91 Å². The van der Waals surface area contributed by atoms with Crippen molar-refractivity contribution >= 4 is 23.2 Å². The number of hydrogen-bond acceptors (Lipinski definition) is 3. The molecule has 0 aliphatic carbocycles. The van der Waals surface area contributed by atoms with Crippen molar-refractivity contribution in [2.75, 3.05) is 0 Å². The van der Waals surface area contributed by atoms with Gasteiger partial charge < -0.3 is 0 Å². The second-order valence-electron chi connectivity index (χ2n) is 4.10. The summed E-state index contributed by atoms with van der Waals surface area (Å²) in [4.78, 5) is 15.8. The molecule has 5 heteroatoms. The quantitative estimate of drug-likeness (QED) is 0.693. The zero-order valence-corrected chi connectivity index (χ0v) is 11.8. The van der Waals surface area contributed by atoms with Crippen LogP contribution in [-0.2, 0) is 0 Å². The summed E-state index contributed by atoms with van der Waals surface area (Å²) in [7, 11) is 0. The number of carbonyl (C=O) groups excluding carboxylic acids is 1. The normalized spacial score (nSPS) is 11.2. The van der Waals surface area contributed by atoms with Gasteiger partial charge in [-0.05, 0) is 36.2 Å². The largest absolute Gasteiger partial charge is 0.271 e. The van der Waals surface area contributed by atoms with E-state index in [0.717, 1.165) is 11.3 Å². The number of nitrogens with one attached hydrogen (secondary N) is 1. The lowest BCUT2D eigenvalue weighted by molar-refractivity contribution is 0.0954. The van der Waals surface area contributed by atoms with E-state index in [-0.39, 0.29) is 5.91 Å². The zero-order chi connectivity index (χ0) is 14.4. The van der Waals surface area contributed by atoms with Crippen molar-refractivity contribution in [3.63, 3.8) is 0 Å². The molecule has 4 nitrogen and oxygen atoms in total. The standard InChI is InChI=1S/C15H14ClN3O/c1-2-14(12-4-3-5-13(16)10-12)18-19-15(20)11-6-8-17-9-7-11/h3-10H,2H2,1H3,(H,19,20)/b18-14+. The third kappa shape index (κ3) is 3.65. The number of hydrogen-bond donors (Lipinski definition) is 1. The molecule has 2 rings (SSSR count). The lowest BCUT2D eigenvalue weighted by Gasteiger charge is -2.05. The summed E-state index contributed by atoms with van der Waals surface area (Å²) in [6, 6.07) is 10.7. The number of pyridine rings is 1. The number of hydrazone groups is 1. The van der Waals surface area contributed by atoms with Crippen molar-refractivity contribution in [2.24, 2.45) is 5.10 Å². The summed E-state index contributed by atoms with van der Waals surface area (Å²) in [6.45, 7) is 1.97. The molecule has 0 saturated heterocycles. The van der Waals surface area contributed by atoms with Crippen molar-refractivity contribution in [1.82, 2.24) is 10.4 Å². The van der Waals surface area contributed by atoms with E-state index in [4.69, 9.17) is 11.6 Å². The van der Waals surface area contributed by atoms with Gasteiger partial charge in [0.1, 0.15) is 0 Å². The molecular weight excluding hydrogens is 274 g/mol. The SMILES string of the molecule is CC/C(=N\NC(=O)c1ccncc1)c1cccc(Cl)c1. The summed E-state index contributed by atoms with van der Waals surface area (Å²) < 4.78 is 0. The van der Waals surface area contributed by atoms with Crippen molar-refractivity contribution in [1.29, 1.82) is 0 Å². The molecule has 1 aromatic carbocycles. The molecule has 0 aliphatic rings. The van der Waals surface area contributed by atoms with Crippen LogP contribution in [0.15, 0.2) is 53.9 Å². The topological polar surface area (TPSA) is 54.4 Å². The van der Waals surface area contributed by atoms with Crippen LogP contribution in [0.4, 0.5) is 0 Å². The third-order valence-electron chi connectivity index (χ3n) is 2.73. The minimum absolute atomic E-state index is 0.264. The van der Waals surface area contributed by atoms with Gasteiger partial charge in [0, 0.05) is 23.0 Å². The van der Waals surface area contributed by atoms with Crippen molar-refractivity contribution in [3.05, 3.63) is 64.9 Å². The molecule has 1 aromatic heterocycles. The van der Waals surface area contributed by atoms with Crippen LogP contribution >= 0.6 is 11.6 Å². The third-order valence-corrected chi connectivity index (χ3v) is 2.96. The first kappa shape index (κ1) is 14.2. The molecule has 0 fully saturated rings. The van der Waals surface area contributed by atoms with Gasteiger partial charge in [0.15, 0.2) is 0 Å². The van der Waals surface area contributed by atoms with Crippen LogP contribution in [0.5, 0.6) is 0 Å². The van der Waals surface area contributed by atoms with Crippen LogP contribution in [0, 0.1) is 0 Å². The summed E-state index contributed by atoms with van der Waals surface area (Å²) in [6.07, 6.45) is 3.82. The molecular formula is C15H14ClN3O. The van der Waals surface area contributed by atoms with Crippen LogP contribution in [0.25, 0.3) is 0 Å². The molecule has 1 N–H and O–H groups in total. The molecule has 0 radical (unpaired) electrons. The predicted octanol–water partition coefficient (Wildman–Crippen LogP) is 3.28. The Labute approximate surface area is 122 Å². The molecule has 0 atom stereocenters. The van der Waals surface area contributed by atoms with E-state index in [1.807, 2.05) is 25.1 Å². The van der Waals surface area contributed by atoms with Gasteiger partial charge in [-0.15, -0.1) is 0 Å². The average Bonchev–Trinajstić information content (AvgIpc) is 2.48. The fraction of sp³-hybridized carbons (Fsp3) is 0.133. The van der Waals surface area contributed by atoms with Crippen LogP contribution < -0.4 is 5.43 Å². The molecule has 102 valence electrons. The Kier molecular flexibility index (Phi) is 4.85. The summed E-state index contributed by atoms with van der Waals surface area (Å²) >= 11 is 5.96. The average molecular weight is 288 g/mol. The van der Waals surface area contributed by atoms with Crippen molar-refractivity contribution < 1.29 is 4.79 Å². The molecule has 2 aromatic rings. The van der Waals surface area contributed by atoms with Gasteiger partial charge in [-0.25, -0.2) is 5.43 Å². The van der Waals surface area contributed by atoms with E-state index in [1.165, 1.54) is 0 Å². The smallest absolute Gasteiger partial charge is 0.267 e. The monoisotopic (exact) mass is 287 g/mol. The Balaban J connectivity index is 2.14. The number of nitrogens with zero attached hydrogens (tertiary/aromatic N) is 2. The highest BCUT2D eigenvalue weighted by Crippen LogP contribution is 2.12. The number of halogens is 1. The second kappa shape index (κ2) is 6.82. The fourth-order valence-corrected chi connectivity index (χ4v) is 1.89. The summed E-state index contributed by atoms with van der Waals surface area (Å²) in [5.41, 5.74) is 4.74. The van der Waals surface area contributed by atoms with Crippen LogP contribution in [0.1, 0.15) is 29.3 Å². The van der Waals surface area contributed by atoms with E-state index in [1.54, 1.807) is 30.6 Å². The van der Waals surface area contributed by atoms with Crippen molar-refractivity contribution in [3.8, 4) is 0 Å². The van der Waals surface area contributed by atoms with E-state index >= 15 is 0 Å². The van der Waals surface area contributed by atoms with Gasteiger partial charge in [0.05, 0.1) is 5.71 Å². The Morgan fingerprint density at radius 3 is 2.65 bits per heavy atom. The second-order valence-corrected chi connectivity index (χ2v) is 4.54. The number of carbonyl (C=O) groups is 1. The number of amides is 1. The van der Waals surface area contributed by atoms with Crippen LogP contribution in [0.3, 0.4) is 0 Å². The zero-order valence-electron chi connectivity index (χ0n) is 11.0. The van der Waals surface area contributed by atoms with E-state index in [9.17, 15) is 4.79 Å². The lowest BCUT2D eigenvalue weighted by atomic mass is 10.1.